The maximum atomic E-state index is 5.81. The summed E-state index contributed by atoms with van der Waals surface area (Å²) < 4.78 is 11.6. The van der Waals surface area contributed by atoms with Crippen molar-refractivity contribution in [2.45, 2.75) is 33.2 Å². The van der Waals surface area contributed by atoms with E-state index in [4.69, 9.17) is 21.7 Å². The molecular formula is C20H26N2O2S. The van der Waals surface area contributed by atoms with Crippen molar-refractivity contribution < 1.29 is 9.47 Å². The molecule has 134 valence electrons. The van der Waals surface area contributed by atoms with Gasteiger partial charge >= 0.3 is 0 Å². The molecule has 0 aliphatic rings. The predicted molar refractivity (Wildman–Crippen MR) is 108 cm³/mol. The fourth-order valence-corrected chi connectivity index (χ4v) is 2.39. The SMILES string of the molecule is CCCOc1ccc(NC(=S)NCc2ccccc2)cc1OCCC. The van der Waals surface area contributed by atoms with Gasteiger partial charge in [-0.2, -0.15) is 0 Å². The van der Waals surface area contributed by atoms with Crippen LogP contribution in [0.15, 0.2) is 48.5 Å². The number of rotatable bonds is 9. The van der Waals surface area contributed by atoms with Crippen molar-refractivity contribution in [3.05, 3.63) is 54.1 Å². The minimum absolute atomic E-state index is 0.576. The molecule has 25 heavy (non-hydrogen) atoms. The van der Waals surface area contributed by atoms with Crippen LogP contribution in [0, 0.1) is 0 Å². The van der Waals surface area contributed by atoms with Crippen LogP contribution >= 0.6 is 12.2 Å². The van der Waals surface area contributed by atoms with E-state index in [9.17, 15) is 0 Å². The topological polar surface area (TPSA) is 42.5 Å². The van der Waals surface area contributed by atoms with E-state index in [0.717, 1.165) is 30.0 Å². The third-order valence-electron chi connectivity index (χ3n) is 3.42. The molecule has 0 bridgehead atoms. The van der Waals surface area contributed by atoms with Crippen LogP contribution in [-0.2, 0) is 6.54 Å². The zero-order chi connectivity index (χ0) is 17.9. The summed E-state index contributed by atoms with van der Waals surface area (Å²) in [5, 5.41) is 6.98. The van der Waals surface area contributed by atoms with Gasteiger partial charge in [0.05, 0.1) is 13.2 Å². The zero-order valence-corrected chi connectivity index (χ0v) is 15.7. The Kier molecular flexibility index (Phi) is 8.05. The van der Waals surface area contributed by atoms with Crippen molar-refractivity contribution in [1.29, 1.82) is 0 Å². The molecule has 0 unspecified atom stereocenters. The molecule has 0 heterocycles. The minimum atomic E-state index is 0.576. The molecule has 0 aromatic heterocycles. The van der Waals surface area contributed by atoms with E-state index in [1.807, 2.05) is 36.4 Å². The molecule has 0 atom stereocenters. The molecule has 2 aromatic rings. The minimum Gasteiger partial charge on any atom is -0.490 e. The second-order valence-corrected chi connectivity index (χ2v) is 6.06. The van der Waals surface area contributed by atoms with Crippen LogP contribution in [0.2, 0.25) is 0 Å². The molecule has 2 N–H and O–H groups in total. The first-order chi connectivity index (χ1) is 12.2. The Bertz CT molecular complexity index is 662. The van der Waals surface area contributed by atoms with Crippen LogP contribution in [0.3, 0.4) is 0 Å². The molecule has 0 aliphatic carbocycles. The van der Waals surface area contributed by atoms with Crippen molar-refractivity contribution >= 4 is 23.0 Å². The fraction of sp³-hybridized carbons (Fsp3) is 0.350. The first kappa shape index (κ1) is 19.1. The summed E-state index contributed by atoms with van der Waals surface area (Å²) in [5.74, 6) is 1.51. The molecule has 0 saturated heterocycles. The highest BCUT2D eigenvalue weighted by Gasteiger charge is 2.08. The van der Waals surface area contributed by atoms with Gasteiger partial charge in [0.2, 0.25) is 0 Å². The molecule has 0 spiro atoms. The van der Waals surface area contributed by atoms with E-state index < -0.39 is 0 Å². The molecule has 5 heteroatoms. The first-order valence-corrected chi connectivity index (χ1v) is 9.12. The number of thiocarbonyl (C=S) groups is 1. The molecule has 2 aromatic carbocycles. The van der Waals surface area contributed by atoms with E-state index in [1.54, 1.807) is 0 Å². The van der Waals surface area contributed by atoms with Crippen LogP contribution in [0.25, 0.3) is 0 Å². The molecule has 4 nitrogen and oxygen atoms in total. The van der Waals surface area contributed by atoms with Gasteiger partial charge in [0, 0.05) is 18.3 Å². The van der Waals surface area contributed by atoms with Crippen molar-refractivity contribution in [3.8, 4) is 11.5 Å². The standard InChI is InChI=1S/C20H26N2O2S/c1-3-12-23-18-11-10-17(14-19(18)24-13-4-2)22-20(25)21-15-16-8-6-5-7-9-16/h5-11,14H,3-4,12-13,15H2,1-2H3,(H2,21,22,25). The maximum Gasteiger partial charge on any atom is 0.171 e. The van der Waals surface area contributed by atoms with Gasteiger partial charge in [-0.05, 0) is 42.8 Å². The smallest absolute Gasteiger partial charge is 0.171 e. The summed E-state index contributed by atoms with van der Waals surface area (Å²) in [6.45, 7) is 6.18. The molecule has 0 aliphatic heterocycles. The number of benzene rings is 2. The quantitative estimate of drug-likeness (QED) is 0.633. The van der Waals surface area contributed by atoms with Crippen LogP contribution in [0.5, 0.6) is 11.5 Å². The lowest BCUT2D eigenvalue weighted by atomic mass is 10.2. The van der Waals surface area contributed by atoms with E-state index in [0.29, 0.717) is 24.9 Å². The molecule has 2 rings (SSSR count). The normalized spacial score (nSPS) is 10.2. The third kappa shape index (κ3) is 6.63. The average Bonchev–Trinajstić information content (AvgIpc) is 2.64. The van der Waals surface area contributed by atoms with E-state index in [1.165, 1.54) is 5.56 Å². The van der Waals surface area contributed by atoms with E-state index >= 15 is 0 Å². The highest BCUT2D eigenvalue weighted by atomic mass is 32.1. The second-order valence-electron chi connectivity index (χ2n) is 5.65. The molecular weight excluding hydrogens is 332 g/mol. The number of anilines is 1. The lowest BCUT2D eigenvalue weighted by Crippen LogP contribution is -2.27. The van der Waals surface area contributed by atoms with Gasteiger partial charge in [-0.15, -0.1) is 0 Å². The first-order valence-electron chi connectivity index (χ1n) is 8.71. The highest BCUT2D eigenvalue weighted by Crippen LogP contribution is 2.31. The van der Waals surface area contributed by atoms with Crippen LogP contribution < -0.4 is 20.1 Å². The molecule has 0 radical (unpaired) electrons. The summed E-state index contributed by atoms with van der Waals surface area (Å²) >= 11 is 5.37. The maximum absolute atomic E-state index is 5.81. The Hall–Kier alpha value is -2.27. The van der Waals surface area contributed by atoms with E-state index in [2.05, 4.69) is 36.6 Å². The summed E-state index contributed by atoms with van der Waals surface area (Å²) in [7, 11) is 0. The van der Waals surface area contributed by atoms with Gasteiger partial charge in [0.15, 0.2) is 16.6 Å². The monoisotopic (exact) mass is 358 g/mol. The lowest BCUT2D eigenvalue weighted by molar-refractivity contribution is 0.268. The van der Waals surface area contributed by atoms with Gasteiger partial charge in [0.25, 0.3) is 0 Å². The number of hydrogen-bond acceptors (Lipinski definition) is 3. The Balaban J connectivity index is 1.96. The van der Waals surface area contributed by atoms with Crippen LogP contribution in [0.1, 0.15) is 32.3 Å². The second kappa shape index (κ2) is 10.6. The van der Waals surface area contributed by atoms with Gasteiger partial charge < -0.3 is 20.1 Å². The van der Waals surface area contributed by atoms with Crippen molar-refractivity contribution in [1.82, 2.24) is 5.32 Å². The lowest BCUT2D eigenvalue weighted by Gasteiger charge is -2.15. The Morgan fingerprint density at radius 2 is 1.60 bits per heavy atom. The molecule has 0 amide bonds. The van der Waals surface area contributed by atoms with Crippen LogP contribution in [0.4, 0.5) is 5.69 Å². The van der Waals surface area contributed by atoms with Gasteiger partial charge in [-0.1, -0.05) is 44.2 Å². The van der Waals surface area contributed by atoms with Crippen LogP contribution in [-0.4, -0.2) is 18.3 Å². The van der Waals surface area contributed by atoms with Gasteiger partial charge in [-0.3, -0.25) is 0 Å². The Morgan fingerprint density at radius 3 is 2.28 bits per heavy atom. The largest absolute Gasteiger partial charge is 0.490 e. The predicted octanol–water partition coefficient (Wildman–Crippen LogP) is 4.75. The molecule has 0 fully saturated rings. The van der Waals surface area contributed by atoms with Crippen molar-refractivity contribution in [3.63, 3.8) is 0 Å². The van der Waals surface area contributed by atoms with Crippen molar-refractivity contribution in [2.24, 2.45) is 0 Å². The van der Waals surface area contributed by atoms with Crippen molar-refractivity contribution in [2.75, 3.05) is 18.5 Å². The zero-order valence-electron chi connectivity index (χ0n) is 14.9. The Morgan fingerprint density at radius 1 is 0.920 bits per heavy atom. The Labute approximate surface area is 155 Å². The summed E-state index contributed by atoms with van der Waals surface area (Å²) in [6, 6.07) is 15.9. The number of hydrogen-bond donors (Lipinski definition) is 2. The highest BCUT2D eigenvalue weighted by molar-refractivity contribution is 7.80. The summed E-state index contributed by atoms with van der Waals surface area (Å²) in [4.78, 5) is 0. The summed E-state index contributed by atoms with van der Waals surface area (Å²) in [6.07, 6.45) is 1.91. The van der Waals surface area contributed by atoms with Gasteiger partial charge in [0.1, 0.15) is 0 Å². The fourth-order valence-electron chi connectivity index (χ4n) is 2.20. The summed E-state index contributed by atoms with van der Waals surface area (Å²) in [5.41, 5.74) is 2.06. The number of ether oxygens (including phenoxy) is 2. The van der Waals surface area contributed by atoms with E-state index in [-0.39, 0.29) is 0 Å². The molecule has 0 saturated carbocycles. The third-order valence-corrected chi connectivity index (χ3v) is 3.67. The van der Waals surface area contributed by atoms with Gasteiger partial charge in [-0.25, -0.2) is 0 Å². The average molecular weight is 359 g/mol. The number of nitrogens with one attached hydrogen (secondary N) is 2.